The van der Waals surface area contributed by atoms with Gasteiger partial charge in [-0.2, -0.15) is 0 Å². The molecule has 0 saturated carbocycles. The molecule has 1 aliphatic rings. The van der Waals surface area contributed by atoms with E-state index >= 15 is 0 Å². The summed E-state index contributed by atoms with van der Waals surface area (Å²) in [6, 6.07) is 0. The molecule has 1 unspecified atom stereocenters. The highest BCUT2D eigenvalue weighted by Gasteiger charge is 2.41. The number of aliphatic hydroxyl groups excluding tert-OH is 4. The summed E-state index contributed by atoms with van der Waals surface area (Å²) in [5.74, 6) is 0. The van der Waals surface area contributed by atoms with Crippen LogP contribution in [0.3, 0.4) is 0 Å². The molecule has 1 saturated heterocycles. The first-order chi connectivity index (χ1) is 5.57. The van der Waals surface area contributed by atoms with Gasteiger partial charge in [0.25, 0.3) is 0 Å². The van der Waals surface area contributed by atoms with E-state index in [1.54, 1.807) is 0 Å². The Kier molecular flexibility index (Phi) is 3.33. The van der Waals surface area contributed by atoms with Crippen LogP contribution in [0.4, 0.5) is 0 Å². The summed E-state index contributed by atoms with van der Waals surface area (Å²) in [6.45, 7) is -0.415. The quantitative estimate of drug-likeness (QED) is 0.305. The lowest BCUT2D eigenvalue weighted by atomic mass is 10.0. The molecule has 0 aromatic rings. The third-order valence-electron chi connectivity index (χ3n) is 1.87. The number of aliphatic hydroxyl groups is 4. The zero-order valence-electron chi connectivity index (χ0n) is 6.24. The van der Waals surface area contributed by atoms with Crippen molar-refractivity contribution in [2.45, 2.75) is 29.9 Å². The normalized spacial score (nSPS) is 49.2. The number of thiol groups is 1. The summed E-state index contributed by atoms with van der Waals surface area (Å²) in [5, 5.41) is 36.2. The molecule has 1 fully saturated rings. The minimum absolute atomic E-state index is 0.415. The van der Waals surface area contributed by atoms with Crippen LogP contribution >= 0.6 is 12.6 Å². The van der Waals surface area contributed by atoms with Crippen LogP contribution in [0.5, 0.6) is 0 Å². The van der Waals surface area contributed by atoms with Gasteiger partial charge < -0.3 is 25.2 Å². The van der Waals surface area contributed by atoms with Gasteiger partial charge >= 0.3 is 0 Å². The standard InChI is InChI=1S/C6H12O5S/c7-1-2-3(8)4(9)5(10)6(12)11-2/h2-10,12H,1H2/t2?,3-,4+,5-,6-/m1/s1. The van der Waals surface area contributed by atoms with E-state index in [0.29, 0.717) is 0 Å². The molecule has 1 rings (SSSR count). The fourth-order valence-corrected chi connectivity index (χ4v) is 1.41. The second kappa shape index (κ2) is 3.91. The Hall–Kier alpha value is 0.150. The summed E-state index contributed by atoms with van der Waals surface area (Å²) >= 11 is 3.81. The van der Waals surface area contributed by atoms with Crippen molar-refractivity contribution in [2.75, 3.05) is 6.61 Å². The van der Waals surface area contributed by atoms with E-state index in [2.05, 4.69) is 12.6 Å². The molecule has 6 heteroatoms. The fourth-order valence-electron chi connectivity index (χ4n) is 1.08. The number of ether oxygens (including phenoxy) is 1. The first kappa shape index (κ1) is 10.2. The van der Waals surface area contributed by atoms with Gasteiger partial charge in [-0.05, 0) is 0 Å². The van der Waals surface area contributed by atoms with E-state index in [0.717, 1.165) is 0 Å². The van der Waals surface area contributed by atoms with E-state index in [9.17, 15) is 10.2 Å². The highest BCUT2D eigenvalue weighted by Crippen LogP contribution is 2.22. The van der Waals surface area contributed by atoms with Gasteiger partial charge in [-0.15, -0.1) is 12.6 Å². The highest BCUT2D eigenvalue weighted by molar-refractivity contribution is 7.80. The molecule has 0 amide bonds. The SMILES string of the molecule is OCC1O[C@H](S)[C@H](O)[C@@H](O)[C@@H]1O. The molecule has 0 radical (unpaired) electrons. The molecule has 0 aliphatic carbocycles. The van der Waals surface area contributed by atoms with Crippen molar-refractivity contribution < 1.29 is 25.2 Å². The maximum atomic E-state index is 9.20. The molecule has 1 heterocycles. The lowest BCUT2D eigenvalue weighted by Crippen LogP contribution is -2.56. The smallest absolute Gasteiger partial charge is 0.129 e. The second-order valence-corrected chi connectivity index (χ2v) is 3.23. The van der Waals surface area contributed by atoms with Crippen LogP contribution in [0, 0.1) is 0 Å². The van der Waals surface area contributed by atoms with Gasteiger partial charge in [-0.25, -0.2) is 0 Å². The zero-order chi connectivity index (χ0) is 9.30. The molecule has 72 valence electrons. The molecule has 4 N–H and O–H groups in total. The highest BCUT2D eigenvalue weighted by atomic mass is 32.1. The van der Waals surface area contributed by atoms with Crippen molar-refractivity contribution in [3.05, 3.63) is 0 Å². The molecule has 0 bridgehead atoms. The van der Waals surface area contributed by atoms with Gasteiger partial charge in [0.2, 0.25) is 0 Å². The molecule has 0 spiro atoms. The Morgan fingerprint density at radius 3 is 2.17 bits per heavy atom. The Balaban J connectivity index is 2.63. The van der Waals surface area contributed by atoms with Crippen LogP contribution in [-0.4, -0.2) is 56.9 Å². The van der Waals surface area contributed by atoms with Gasteiger partial charge in [-0.1, -0.05) is 0 Å². The van der Waals surface area contributed by atoms with Crippen molar-refractivity contribution in [2.24, 2.45) is 0 Å². The lowest BCUT2D eigenvalue weighted by molar-refractivity contribution is -0.205. The van der Waals surface area contributed by atoms with Crippen molar-refractivity contribution in [1.82, 2.24) is 0 Å². The van der Waals surface area contributed by atoms with E-state index in [4.69, 9.17) is 14.9 Å². The van der Waals surface area contributed by atoms with E-state index in [-0.39, 0.29) is 0 Å². The maximum absolute atomic E-state index is 9.20. The van der Waals surface area contributed by atoms with Gasteiger partial charge in [0.1, 0.15) is 29.9 Å². The average Bonchev–Trinajstić information content (AvgIpc) is 2.08. The second-order valence-electron chi connectivity index (χ2n) is 2.72. The molecule has 5 atom stereocenters. The molecule has 1 aliphatic heterocycles. The van der Waals surface area contributed by atoms with Crippen LogP contribution in [0.15, 0.2) is 0 Å². The molecule has 12 heavy (non-hydrogen) atoms. The lowest BCUT2D eigenvalue weighted by Gasteiger charge is -2.37. The van der Waals surface area contributed by atoms with Crippen molar-refractivity contribution in [1.29, 1.82) is 0 Å². The molecular weight excluding hydrogens is 184 g/mol. The summed E-state index contributed by atoms with van der Waals surface area (Å²) in [5.41, 5.74) is -0.874. The number of rotatable bonds is 1. The molecule has 0 aromatic carbocycles. The minimum Gasteiger partial charge on any atom is -0.394 e. The fraction of sp³-hybridized carbons (Fsp3) is 1.00. The van der Waals surface area contributed by atoms with E-state index in [1.807, 2.05) is 0 Å². The predicted molar refractivity (Wildman–Crippen MR) is 42.8 cm³/mol. The minimum atomic E-state index is -1.32. The molecule has 0 aromatic heterocycles. The summed E-state index contributed by atoms with van der Waals surface area (Å²) < 4.78 is 4.88. The topological polar surface area (TPSA) is 90.2 Å². The Labute approximate surface area is 75.0 Å². The molecular formula is C6H12O5S. The van der Waals surface area contributed by atoms with Crippen LogP contribution in [0.2, 0.25) is 0 Å². The van der Waals surface area contributed by atoms with Crippen molar-refractivity contribution >= 4 is 12.6 Å². The van der Waals surface area contributed by atoms with Gasteiger partial charge in [0.15, 0.2) is 0 Å². The Morgan fingerprint density at radius 1 is 1.08 bits per heavy atom. The van der Waals surface area contributed by atoms with Gasteiger partial charge in [-0.3, -0.25) is 0 Å². The van der Waals surface area contributed by atoms with Crippen LogP contribution < -0.4 is 0 Å². The molecule has 5 nitrogen and oxygen atoms in total. The van der Waals surface area contributed by atoms with Crippen LogP contribution in [0.1, 0.15) is 0 Å². The third-order valence-corrected chi connectivity index (χ3v) is 2.29. The van der Waals surface area contributed by atoms with Gasteiger partial charge in [0.05, 0.1) is 6.61 Å². The first-order valence-electron chi connectivity index (χ1n) is 3.56. The van der Waals surface area contributed by atoms with Crippen molar-refractivity contribution in [3.8, 4) is 0 Å². The Morgan fingerprint density at radius 2 is 1.67 bits per heavy atom. The van der Waals surface area contributed by atoms with E-state index < -0.39 is 36.5 Å². The largest absolute Gasteiger partial charge is 0.394 e. The number of hydrogen-bond donors (Lipinski definition) is 5. The number of hydrogen-bond acceptors (Lipinski definition) is 6. The summed E-state index contributed by atoms with van der Waals surface area (Å²) in [7, 11) is 0. The average molecular weight is 196 g/mol. The van der Waals surface area contributed by atoms with Crippen LogP contribution in [0.25, 0.3) is 0 Å². The summed E-state index contributed by atoms with van der Waals surface area (Å²) in [6.07, 6.45) is -4.70. The predicted octanol–water partition coefficient (Wildman–Crippen LogP) is -2.28. The zero-order valence-corrected chi connectivity index (χ0v) is 7.13. The summed E-state index contributed by atoms with van der Waals surface area (Å²) in [4.78, 5) is 0. The third kappa shape index (κ3) is 1.73. The van der Waals surface area contributed by atoms with Crippen molar-refractivity contribution in [3.63, 3.8) is 0 Å². The maximum Gasteiger partial charge on any atom is 0.129 e. The Bertz CT molecular complexity index is 150. The monoisotopic (exact) mass is 196 g/mol. The van der Waals surface area contributed by atoms with E-state index in [1.165, 1.54) is 0 Å². The first-order valence-corrected chi connectivity index (χ1v) is 4.08. The van der Waals surface area contributed by atoms with Gasteiger partial charge in [0, 0.05) is 0 Å². The van der Waals surface area contributed by atoms with Crippen LogP contribution in [-0.2, 0) is 4.74 Å².